The highest BCUT2D eigenvalue weighted by Gasteiger charge is 2.37. The highest BCUT2D eigenvalue weighted by Crippen LogP contribution is 2.39. The summed E-state index contributed by atoms with van der Waals surface area (Å²) in [5, 5.41) is -3.73. The smallest absolute Gasteiger partial charge is 0.520 e. The molecule has 4 rings (SSSR count). The molecule has 0 aliphatic carbocycles. The Labute approximate surface area is 193 Å². The molecule has 186 valence electrons. The molecule has 0 aliphatic heterocycles. The number of hydrogen-bond donors (Lipinski definition) is 0. The quantitative estimate of drug-likeness (QED) is 0.134. The molecule has 4 aromatic carbocycles. The van der Waals surface area contributed by atoms with E-state index in [0.717, 1.165) is 0 Å². The molecule has 0 heterocycles. The topological polar surface area (TPSA) is 18.5 Å². The van der Waals surface area contributed by atoms with Crippen LogP contribution in [0.5, 0.6) is 11.5 Å². The van der Waals surface area contributed by atoms with Crippen molar-refractivity contribution in [1.82, 2.24) is 0 Å². The standard InChI is InChI=1S/C22H6BF11O2/c24-7-1-3-9(11(27)5-7)23(35-12-6-8(25)2-4-10(12)26)36-22-14-13(16(29)20(33)21(22)34)15(28)18(31)19(32)17(14)30/h1-6H. The van der Waals surface area contributed by atoms with Gasteiger partial charge in [-0.1, -0.05) is 6.07 Å². The van der Waals surface area contributed by atoms with Gasteiger partial charge in [-0.25, -0.2) is 43.9 Å². The van der Waals surface area contributed by atoms with Crippen LogP contribution in [0.3, 0.4) is 0 Å². The second-order valence-electron chi connectivity index (χ2n) is 7.09. The van der Waals surface area contributed by atoms with Crippen LogP contribution in [0.1, 0.15) is 0 Å². The summed E-state index contributed by atoms with van der Waals surface area (Å²) in [7, 11) is -2.56. The summed E-state index contributed by atoms with van der Waals surface area (Å²) in [6, 6.07) is 2.96. The van der Waals surface area contributed by atoms with Crippen LogP contribution in [0.2, 0.25) is 0 Å². The van der Waals surface area contributed by atoms with Crippen molar-refractivity contribution in [1.29, 1.82) is 0 Å². The van der Waals surface area contributed by atoms with E-state index in [-0.39, 0.29) is 6.07 Å². The third kappa shape index (κ3) is 4.16. The van der Waals surface area contributed by atoms with Crippen LogP contribution >= 0.6 is 0 Å². The summed E-state index contributed by atoms with van der Waals surface area (Å²) in [5.41, 5.74) is -0.916. The van der Waals surface area contributed by atoms with E-state index in [1.165, 1.54) is 0 Å². The Morgan fingerprint density at radius 1 is 0.472 bits per heavy atom. The van der Waals surface area contributed by atoms with E-state index >= 15 is 0 Å². The molecular weight excluding hydrogens is 516 g/mol. The molecule has 0 saturated heterocycles. The zero-order valence-electron chi connectivity index (χ0n) is 17.0. The van der Waals surface area contributed by atoms with Crippen molar-refractivity contribution in [2.24, 2.45) is 0 Å². The van der Waals surface area contributed by atoms with Crippen LogP contribution < -0.4 is 14.8 Å². The maximum atomic E-state index is 14.7. The van der Waals surface area contributed by atoms with Crippen LogP contribution in [0.15, 0.2) is 36.4 Å². The Balaban J connectivity index is 1.99. The lowest BCUT2D eigenvalue weighted by Crippen LogP contribution is -2.45. The van der Waals surface area contributed by atoms with E-state index in [1.807, 2.05) is 0 Å². The monoisotopic (exact) mass is 522 g/mol. The Morgan fingerprint density at radius 3 is 1.61 bits per heavy atom. The zero-order valence-corrected chi connectivity index (χ0v) is 17.0. The summed E-state index contributed by atoms with van der Waals surface area (Å²) < 4.78 is 165. The summed E-state index contributed by atoms with van der Waals surface area (Å²) in [5.74, 6) is -25.5. The highest BCUT2D eigenvalue weighted by atomic mass is 19.2. The fourth-order valence-corrected chi connectivity index (χ4v) is 3.21. The molecule has 0 aliphatic rings. The Bertz CT molecular complexity index is 1520. The van der Waals surface area contributed by atoms with Crippen LogP contribution in [-0.2, 0) is 0 Å². The summed E-state index contributed by atoms with van der Waals surface area (Å²) >= 11 is 0. The molecular formula is C22H6BF11O2. The predicted molar refractivity (Wildman–Crippen MR) is 103 cm³/mol. The average Bonchev–Trinajstić information content (AvgIpc) is 2.83. The van der Waals surface area contributed by atoms with Gasteiger partial charge in [0.1, 0.15) is 23.2 Å². The van der Waals surface area contributed by atoms with Crippen LogP contribution in [0, 0.1) is 64.0 Å². The van der Waals surface area contributed by atoms with Gasteiger partial charge in [-0.15, -0.1) is 0 Å². The van der Waals surface area contributed by atoms with E-state index in [2.05, 4.69) is 0 Å². The average molecular weight is 522 g/mol. The summed E-state index contributed by atoms with van der Waals surface area (Å²) in [4.78, 5) is 0. The first-order valence-corrected chi connectivity index (χ1v) is 9.47. The van der Waals surface area contributed by atoms with Crippen molar-refractivity contribution in [2.45, 2.75) is 0 Å². The Kier molecular flexibility index (Phi) is 6.45. The van der Waals surface area contributed by atoms with Gasteiger partial charge in [-0.3, -0.25) is 0 Å². The van der Waals surface area contributed by atoms with E-state index in [0.29, 0.717) is 30.3 Å². The van der Waals surface area contributed by atoms with Crippen LogP contribution in [0.4, 0.5) is 48.3 Å². The molecule has 14 heteroatoms. The molecule has 2 nitrogen and oxygen atoms in total. The lowest BCUT2D eigenvalue weighted by molar-refractivity contribution is 0.378. The number of fused-ring (bicyclic) bond motifs is 1. The Hall–Kier alpha value is -3.97. The van der Waals surface area contributed by atoms with Crippen molar-refractivity contribution < 1.29 is 57.6 Å². The molecule has 0 fully saturated rings. The minimum Gasteiger partial charge on any atom is -0.520 e. The van der Waals surface area contributed by atoms with Gasteiger partial charge in [-0.2, -0.15) is 4.39 Å². The molecule has 0 unspecified atom stereocenters. The van der Waals surface area contributed by atoms with Crippen LogP contribution in [-0.4, -0.2) is 7.12 Å². The molecule has 0 spiro atoms. The lowest BCUT2D eigenvalue weighted by Gasteiger charge is -2.20. The molecule has 0 atom stereocenters. The van der Waals surface area contributed by atoms with Crippen molar-refractivity contribution in [3.05, 3.63) is 100 Å². The Morgan fingerprint density at radius 2 is 1.00 bits per heavy atom. The van der Waals surface area contributed by atoms with Gasteiger partial charge in [0.25, 0.3) is 0 Å². The minimum absolute atomic E-state index is 0.228. The first-order valence-electron chi connectivity index (χ1n) is 9.47. The fourth-order valence-electron chi connectivity index (χ4n) is 3.21. The maximum Gasteiger partial charge on any atom is 0.635 e. The molecule has 0 saturated carbocycles. The van der Waals surface area contributed by atoms with Gasteiger partial charge in [0.05, 0.1) is 10.8 Å². The normalized spacial score (nSPS) is 11.2. The van der Waals surface area contributed by atoms with Gasteiger partial charge in [0, 0.05) is 17.6 Å². The summed E-state index contributed by atoms with van der Waals surface area (Å²) in [6.07, 6.45) is 0. The van der Waals surface area contributed by atoms with E-state index < -0.39 is 98.8 Å². The van der Waals surface area contributed by atoms with E-state index in [4.69, 9.17) is 9.31 Å². The van der Waals surface area contributed by atoms with Crippen molar-refractivity contribution in [3.63, 3.8) is 0 Å². The van der Waals surface area contributed by atoms with Crippen molar-refractivity contribution in [3.8, 4) is 11.5 Å². The molecule has 0 radical (unpaired) electrons. The lowest BCUT2D eigenvalue weighted by atomic mass is 9.78. The maximum absolute atomic E-state index is 14.7. The largest absolute Gasteiger partial charge is 0.635 e. The second-order valence-corrected chi connectivity index (χ2v) is 7.09. The van der Waals surface area contributed by atoms with E-state index in [1.54, 1.807) is 0 Å². The zero-order chi connectivity index (χ0) is 26.5. The van der Waals surface area contributed by atoms with Crippen molar-refractivity contribution >= 4 is 23.4 Å². The van der Waals surface area contributed by atoms with Crippen molar-refractivity contribution in [2.75, 3.05) is 0 Å². The number of hydrogen-bond acceptors (Lipinski definition) is 2. The van der Waals surface area contributed by atoms with Gasteiger partial charge in [0.2, 0.25) is 5.82 Å². The molecule has 4 aromatic rings. The van der Waals surface area contributed by atoms with Crippen LogP contribution in [0.25, 0.3) is 10.8 Å². The first kappa shape index (κ1) is 25.1. The molecule has 0 bridgehead atoms. The van der Waals surface area contributed by atoms with Gasteiger partial charge < -0.3 is 9.31 Å². The molecule has 0 N–H and O–H groups in total. The second kappa shape index (κ2) is 9.24. The van der Waals surface area contributed by atoms with Gasteiger partial charge in [0.15, 0.2) is 46.5 Å². The predicted octanol–water partition coefficient (Wildman–Crippen LogP) is 6.22. The third-order valence-electron chi connectivity index (χ3n) is 4.87. The third-order valence-corrected chi connectivity index (χ3v) is 4.87. The molecule has 36 heavy (non-hydrogen) atoms. The number of halogens is 11. The summed E-state index contributed by atoms with van der Waals surface area (Å²) in [6.45, 7) is 0. The fraction of sp³-hybridized carbons (Fsp3) is 0. The SMILES string of the molecule is Fc1ccc(B(Oc2cc(F)ccc2F)Oc2c(F)c(F)c(F)c3c(F)c(F)c(F)c(F)c23)c(F)c1. The van der Waals surface area contributed by atoms with Gasteiger partial charge in [-0.05, 0) is 18.2 Å². The molecule has 0 aromatic heterocycles. The first-order chi connectivity index (χ1) is 16.9. The number of rotatable bonds is 5. The van der Waals surface area contributed by atoms with E-state index in [9.17, 15) is 48.3 Å². The van der Waals surface area contributed by atoms with Gasteiger partial charge >= 0.3 is 7.12 Å². The number of benzene rings is 4. The molecule has 0 amide bonds. The highest BCUT2D eigenvalue weighted by molar-refractivity contribution is 6.63. The minimum atomic E-state index is -2.57.